The number of thiophene rings is 1. The molecule has 1 atom stereocenters. The molecule has 1 aromatic heterocycles. The molecule has 1 aliphatic heterocycles. The standard InChI is InChI=1S/C16H17N3S/c1-11-14-5-7-20-16(14)4-6-19(11)15-3-2-12(9-17)8-13(15)10-18/h2-3,5,7-8,11H,4,6,9,17H2,1H3. The molecule has 1 aliphatic rings. The van der Waals surface area contributed by atoms with Crippen LogP contribution in [0.15, 0.2) is 29.6 Å². The summed E-state index contributed by atoms with van der Waals surface area (Å²) in [6.45, 7) is 3.65. The molecule has 0 saturated heterocycles. The lowest BCUT2D eigenvalue weighted by atomic mass is 9.99. The second-order valence-electron chi connectivity index (χ2n) is 5.09. The van der Waals surface area contributed by atoms with Crippen LogP contribution >= 0.6 is 11.3 Å². The van der Waals surface area contributed by atoms with Crippen LogP contribution in [0, 0.1) is 11.3 Å². The Morgan fingerprint density at radius 2 is 2.30 bits per heavy atom. The third kappa shape index (κ3) is 2.09. The fourth-order valence-electron chi connectivity index (χ4n) is 2.89. The zero-order chi connectivity index (χ0) is 14.1. The Hall–Kier alpha value is -1.83. The molecule has 0 bridgehead atoms. The molecule has 2 heterocycles. The lowest BCUT2D eigenvalue weighted by molar-refractivity contribution is 0.632. The molecule has 20 heavy (non-hydrogen) atoms. The van der Waals surface area contributed by atoms with Crippen LogP contribution in [0.3, 0.4) is 0 Å². The Labute approximate surface area is 123 Å². The summed E-state index contributed by atoms with van der Waals surface area (Å²) in [6, 6.07) is 10.8. The van der Waals surface area contributed by atoms with E-state index in [1.165, 1.54) is 10.4 Å². The Kier molecular flexibility index (Phi) is 3.47. The van der Waals surface area contributed by atoms with Crippen molar-refractivity contribution in [3.8, 4) is 6.07 Å². The van der Waals surface area contributed by atoms with Crippen LogP contribution in [0.4, 0.5) is 5.69 Å². The summed E-state index contributed by atoms with van der Waals surface area (Å²) in [5.74, 6) is 0. The highest BCUT2D eigenvalue weighted by molar-refractivity contribution is 7.10. The van der Waals surface area contributed by atoms with Crippen molar-refractivity contribution in [1.29, 1.82) is 5.26 Å². The summed E-state index contributed by atoms with van der Waals surface area (Å²) in [5, 5.41) is 11.6. The van der Waals surface area contributed by atoms with Gasteiger partial charge < -0.3 is 10.6 Å². The average Bonchev–Trinajstić information content (AvgIpc) is 2.96. The van der Waals surface area contributed by atoms with Crippen molar-refractivity contribution >= 4 is 17.0 Å². The molecule has 102 valence electrons. The topological polar surface area (TPSA) is 53.0 Å². The minimum absolute atomic E-state index is 0.320. The van der Waals surface area contributed by atoms with Crippen molar-refractivity contribution in [2.24, 2.45) is 5.73 Å². The first-order valence-corrected chi connectivity index (χ1v) is 7.68. The molecule has 0 amide bonds. The first kappa shape index (κ1) is 13.2. The van der Waals surface area contributed by atoms with Crippen LogP contribution in [0.25, 0.3) is 0 Å². The minimum atomic E-state index is 0.320. The van der Waals surface area contributed by atoms with Gasteiger partial charge in [-0.25, -0.2) is 0 Å². The van der Waals surface area contributed by atoms with Gasteiger partial charge in [-0.1, -0.05) is 6.07 Å². The fourth-order valence-corrected chi connectivity index (χ4v) is 3.85. The first-order chi connectivity index (χ1) is 9.74. The molecule has 3 nitrogen and oxygen atoms in total. The molecular weight excluding hydrogens is 266 g/mol. The predicted molar refractivity (Wildman–Crippen MR) is 82.8 cm³/mol. The summed E-state index contributed by atoms with van der Waals surface area (Å²) in [5.41, 5.74) is 9.80. The molecule has 0 aliphatic carbocycles. The summed E-state index contributed by atoms with van der Waals surface area (Å²) in [6.07, 6.45) is 1.06. The second kappa shape index (κ2) is 5.28. The van der Waals surface area contributed by atoms with E-state index < -0.39 is 0 Å². The number of nitrogens with two attached hydrogens (primary N) is 1. The number of anilines is 1. The maximum absolute atomic E-state index is 9.40. The lowest BCUT2D eigenvalue weighted by Gasteiger charge is -2.36. The molecule has 0 spiro atoms. The van der Waals surface area contributed by atoms with Crippen LogP contribution in [0.2, 0.25) is 0 Å². The third-order valence-corrected chi connectivity index (χ3v) is 5.00. The SMILES string of the molecule is CC1c2ccsc2CCN1c1ccc(CN)cc1C#N. The number of nitriles is 1. The maximum atomic E-state index is 9.40. The van der Waals surface area contributed by atoms with E-state index in [0.29, 0.717) is 12.6 Å². The van der Waals surface area contributed by atoms with E-state index in [2.05, 4.69) is 29.3 Å². The summed E-state index contributed by atoms with van der Waals surface area (Å²) >= 11 is 1.83. The van der Waals surface area contributed by atoms with Crippen molar-refractivity contribution in [3.63, 3.8) is 0 Å². The molecule has 1 aromatic carbocycles. The van der Waals surface area contributed by atoms with Gasteiger partial charge in [-0.05, 0) is 48.1 Å². The van der Waals surface area contributed by atoms with E-state index in [1.807, 2.05) is 29.5 Å². The molecule has 0 saturated carbocycles. The monoisotopic (exact) mass is 283 g/mol. The number of benzene rings is 1. The molecule has 4 heteroatoms. The van der Waals surface area contributed by atoms with Crippen molar-refractivity contribution in [1.82, 2.24) is 0 Å². The van der Waals surface area contributed by atoms with Gasteiger partial charge in [0.05, 0.1) is 17.3 Å². The van der Waals surface area contributed by atoms with E-state index in [1.54, 1.807) is 0 Å². The van der Waals surface area contributed by atoms with Gasteiger partial charge in [-0.15, -0.1) is 11.3 Å². The number of rotatable bonds is 2. The smallest absolute Gasteiger partial charge is 0.101 e. The minimum Gasteiger partial charge on any atom is -0.363 e. The van der Waals surface area contributed by atoms with Crippen LogP contribution in [0.1, 0.15) is 34.5 Å². The van der Waals surface area contributed by atoms with Crippen LogP contribution in [0.5, 0.6) is 0 Å². The zero-order valence-corrected chi connectivity index (χ0v) is 12.3. The largest absolute Gasteiger partial charge is 0.363 e. The van der Waals surface area contributed by atoms with E-state index in [-0.39, 0.29) is 0 Å². The van der Waals surface area contributed by atoms with Gasteiger partial charge >= 0.3 is 0 Å². The molecule has 1 unspecified atom stereocenters. The Bertz CT molecular complexity index is 669. The van der Waals surface area contributed by atoms with E-state index in [9.17, 15) is 5.26 Å². The Morgan fingerprint density at radius 1 is 1.45 bits per heavy atom. The maximum Gasteiger partial charge on any atom is 0.101 e. The highest BCUT2D eigenvalue weighted by atomic mass is 32.1. The number of hydrogen-bond donors (Lipinski definition) is 1. The summed E-state index contributed by atoms with van der Waals surface area (Å²) in [7, 11) is 0. The zero-order valence-electron chi connectivity index (χ0n) is 11.5. The van der Waals surface area contributed by atoms with Crippen molar-refractivity contribution in [2.45, 2.75) is 25.9 Å². The summed E-state index contributed by atoms with van der Waals surface area (Å²) < 4.78 is 0. The molecule has 0 radical (unpaired) electrons. The third-order valence-electron chi connectivity index (χ3n) is 4.00. The first-order valence-electron chi connectivity index (χ1n) is 6.80. The van der Waals surface area contributed by atoms with Gasteiger partial charge in [0, 0.05) is 18.0 Å². The number of hydrogen-bond acceptors (Lipinski definition) is 4. The molecule has 2 aromatic rings. The number of nitrogens with zero attached hydrogens (tertiary/aromatic N) is 2. The van der Waals surface area contributed by atoms with E-state index in [4.69, 9.17) is 5.73 Å². The van der Waals surface area contributed by atoms with Crippen molar-refractivity contribution < 1.29 is 0 Å². The van der Waals surface area contributed by atoms with Gasteiger partial charge in [0.25, 0.3) is 0 Å². The van der Waals surface area contributed by atoms with Gasteiger partial charge in [0.1, 0.15) is 6.07 Å². The van der Waals surface area contributed by atoms with Gasteiger partial charge in [-0.2, -0.15) is 5.26 Å². The number of fused-ring (bicyclic) bond motifs is 1. The molecule has 0 fully saturated rings. The van der Waals surface area contributed by atoms with Gasteiger partial charge in [-0.3, -0.25) is 0 Å². The van der Waals surface area contributed by atoms with Gasteiger partial charge in [0.2, 0.25) is 0 Å². The quantitative estimate of drug-likeness (QED) is 0.920. The summed E-state index contributed by atoms with van der Waals surface area (Å²) in [4.78, 5) is 3.80. The fraction of sp³-hybridized carbons (Fsp3) is 0.312. The van der Waals surface area contributed by atoms with Crippen LogP contribution < -0.4 is 10.6 Å². The van der Waals surface area contributed by atoms with Crippen LogP contribution in [-0.2, 0) is 13.0 Å². The molecular formula is C16H17N3S. The van der Waals surface area contributed by atoms with Crippen molar-refractivity contribution in [2.75, 3.05) is 11.4 Å². The molecule has 2 N–H and O–H groups in total. The second-order valence-corrected chi connectivity index (χ2v) is 6.09. The average molecular weight is 283 g/mol. The molecule has 3 rings (SSSR count). The van der Waals surface area contributed by atoms with Gasteiger partial charge in [0.15, 0.2) is 0 Å². The van der Waals surface area contributed by atoms with Crippen LogP contribution in [-0.4, -0.2) is 6.54 Å². The Balaban J connectivity index is 2.00. The van der Waals surface area contributed by atoms with Crippen molar-refractivity contribution in [3.05, 3.63) is 51.2 Å². The van der Waals surface area contributed by atoms with E-state index in [0.717, 1.165) is 29.8 Å². The Morgan fingerprint density at radius 3 is 3.05 bits per heavy atom. The highest BCUT2D eigenvalue weighted by Gasteiger charge is 2.26. The predicted octanol–water partition coefficient (Wildman–Crippen LogP) is 3.20. The van der Waals surface area contributed by atoms with E-state index >= 15 is 0 Å². The highest BCUT2D eigenvalue weighted by Crippen LogP contribution is 2.37. The lowest BCUT2D eigenvalue weighted by Crippen LogP contribution is -2.33. The normalized spacial score (nSPS) is 17.6.